The Kier molecular flexibility index (Phi) is 4.14. The molecule has 4 rings (SSSR count). The van der Waals surface area contributed by atoms with Gasteiger partial charge in [-0.2, -0.15) is 0 Å². The fourth-order valence-corrected chi connectivity index (χ4v) is 3.43. The van der Waals surface area contributed by atoms with E-state index in [1.807, 2.05) is 28.8 Å². The van der Waals surface area contributed by atoms with Crippen molar-refractivity contribution < 1.29 is 9.59 Å². The van der Waals surface area contributed by atoms with Crippen molar-refractivity contribution in [3.8, 4) is 0 Å². The summed E-state index contributed by atoms with van der Waals surface area (Å²) in [6, 6.07) is 5.64. The molecule has 1 aliphatic rings. The molecule has 0 aromatic carbocycles. The topological polar surface area (TPSA) is 92.5 Å². The van der Waals surface area contributed by atoms with Crippen molar-refractivity contribution in [3.05, 3.63) is 41.8 Å². The Balaban J connectivity index is 1.37. The summed E-state index contributed by atoms with van der Waals surface area (Å²) in [5.74, 6) is -0.266. The number of carbonyl (C=O) groups is 2. The van der Waals surface area contributed by atoms with Crippen LogP contribution in [0.3, 0.4) is 0 Å². The average Bonchev–Trinajstić information content (AvgIpc) is 3.30. The van der Waals surface area contributed by atoms with E-state index < -0.39 is 0 Å². The van der Waals surface area contributed by atoms with Crippen LogP contribution < -0.4 is 5.32 Å². The van der Waals surface area contributed by atoms with Crippen molar-refractivity contribution in [2.75, 3.05) is 18.4 Å². The van der Waals surface area contributed by atoms with Crippen molar-refractivity contribution in [1.82, 2.24) is 24.5 Å². The Morgan fingerprint density at radius 1 is 1.24 bits per heavy atom. The van der Waals surface area contributed by atoms with Gasteiger partial charge in [0.15, 0.2) is 0 Å². The monoisotopic (exact) mass is 356 g/mol. The van der Waals surface area contributed by atoms with Gasteiger partial charge < -0.3 is 14.6 Å². The first-order valence-corrected chi connectivity index (χ1v) is 8.89. The first-order chi connectivity index (χ1) is 12.2. The number of imidazole rings is 1. The van der Waals surface area contributed by atoms with Gasteiger partial charge in [-0.3, -0.25) is 9.59 Å². The number of amides is 2. The fourth-order valence-electron chi connectivity index (χ4n) is 2.98. The standard InChI is InChI=1S/C16H16N6O2S/c23-14(19-16-20-17-10-25-16)11-4-7-21(8-5-11)15(24)12-9-22-6-2-1-3-13(22)18-12/h1-3,6,9-11H,4-5,7-8H2,(H,19,20,23). The molecule has 8 nitrogen and oxygen atoms in total. The number of rotatable bonds is 3. The van der Waals surface area contributed by atoms with E-state index in [4.69, 9.17) is 0 Å². The fraction of sp³-hybridized carbons (Fsp3) is 0.312. The lowest BCUT2D eigenvalue weighted by Crippen LogP contribution is -2.41. The van der Waals surface area contributed by atoms with Crippen LogP contribution in [0, 0.1) is 5.92 Å². The normalized spacial score (nSPS) is 15.4. The van der Waals surface area contributed by atoms with Crippen LogP contribution in [0.1, 0.15) is 23.3 Å². The molecule has 1 saturated heterocycles. The van der Waals surface area contributed by atoms with Crippen LogP contribution in [0.5, 0.6) is 0 Å². The van der Waals surface area contributed by atoms with Crippen LogP contribution >= 0.6 is 11.3 Å². The van der Waals surface area contributed by atoms with Crippen LogP contribution in [0.15, 0.2) is 36.1 Å². The smallest absolute Gasteiger partial charge is 0.274 e. The van der Waals surface area contributed by atoms with Crippen molar-refractivity contribution >= 4 is 33.9 Å². The number of carbonyl (C=O) groups excluding carboxylic acids is 2. The Morgan fingerprint density at radius 3 is 2.80 bits per heavy atom. The van der Waals surface area contributed by atoms with Gasteiger partial charge in [0.05, 0.1) is 0 Å². The number of hydrogen-bond donors (Lipinski definition) is 1. The number of anilines is 1. The van der Waals surface area contributed by atoms with E-state index in [-0.39, 0.29) is 17.7 Å². The largest absolute Gasteiger partial charge is 0.337 e. The molecule has 3 aromatic rings. The summed E-state index contributed by atoms with van der Waals surface area (Å²) in [5.41, 5.74) is 2.76. The number of aromatic nitrogens is 4. The third-order valence-electron chi connectivity index (χ3n) is 4.33. The predicted octanol–water partition coefficient (Wildman–Crippen LogP) is 1.68. The average molecular weight is 356 g/mol. The molecule has 1 N–H and O–H groups in total. The van der Waals surface area contributed by atoms with Gasteiger partial charge in [0.2, 0.25) is 11.0 Å². The van der Waals surface area contributed by atoms with E-state index in [1.165, 1.54) is 11.3 Å². The summed E-state index contributed by atoms with van der Waals surface area (Å²) >= 11 is 1.29. The molecule has 0 radical (unpaired) electrons. The molecular weight excluding hydrogens is 340 g/mol. The Hall–Kier alpha value is -2.81. The highest BCUT2D eigenvalue weighted by atomic mass is 32.1. The minimum absolute atomic E-state index is 0.0587. The molecule has 0 unspecified atom stereocenters. The zero-order valence-electron chi connectivity index (χ0n) is 13.3. The summed E-state index contributed by atoms with van der Waals surface area (Å²) in [6.45, 7) is 1.09. The summed E-state index contributed by atoms with van der Waals surface area (Å²) in [4.78, 5) is 31.0. The SMILES string of the molecule is O=C(Nc1nncs1)C1CCN(C(=O)c2cn3ccccc3n2)CC1. The van der Waals surface area contributed by atoms with E-state index in [9.17, 15) is 9.59 Å². The molecular formula is C16H16N6O2S. The molecule has 9 heteroatoms. The molecule has 25 heavy (non-hydrogen) atoms. The molecule has 0 spiro atoms. The van der Waals surface area contributed by atoms with Crippen molar-refractivity contribution in [2.24, 2.45) is 5.92 Å². The molecule has 0 saturated carbocycles. The van der Waals surface area contributed by atoms with Crippen LogP contribution in [0.25, 0.3) is 5.65 Å². The molecule has 1 aliphatic heterocycles. The molecule has 1 fully saturated rings. The minimum Gasteiger partial charge on any atom is -0.337 e. The third-order valence-corrected chi connectivity index (χ3v) is 4.93. The first kappa shape index (κ1) is 15.7. The second-order valence-electron chi connectivity index (χ2n) is 5.89. The summed E-state index contributed by atoms with van der Waals surface area (Å²) in [5, 5.41) is 10.8. The maximum Gasteiger partial charge on any atom is 0.274 e. The molecule has 2 amide bonds. The molecule has 3 aromatic heterocycles. The van der Waals surface area contributed by atoms with E-state index in [0.29, 0.717) is 36.8 Å². The second kappa shape index (κ2) is 6.60. The minimum atomic E-state index is -0.117. The second-order valence-corrected chi connectivity index (χ2v) is 6.73. The predicted molar refractivity (Wildman–Crippen MR) is 92.4 cm³/mol. The number of pyridine rings is 1. The molecule has 0 aliphatic carbocycles. The number of nitrogens with one attached hydrogen (secondary N) is 1. The first-order valence-electron chi connectivity index (χ1n) is 8.01. The molecule has 0 bridgehead atoms. The molecule has 128 valence electrons. The van der Waals surface area contributed by atoms with E-state index >= 15 is 0 Å². The highest BCUT2D eigenvalue weighted by Gasteiger charge is 2.29. The Labute approximate surface area is 147 Å². The lowest BCUT2D eigenvalue weighted by Gasteiger charge is -2.30. The maximum absolute atomic E-state index is 12.6. The van der Waals surface area contributed by atoms with Gasteiger partial charge in [0, 0.05) is 31.4 Å². The van der Waals surface area contributed by atoms with Crippen LogP contribution in [-0.2, 0) is 4.79 Å². The lowest BCUT2D eigenvalue weighted by atomic mass is 9.96. The summed E-state index contributed by atoms with van der Waals surface area (Å²) < 4.78 is 1.83. The zero-order valence-corrected chi connectivity index (χ0v) is 14.1. The van der Waals surface area contributed by atoms with Crippen LogP contribution in [-0.4, -0.2) is 49.4 Å². The highest BCUT2D eigenvalue weighted by Crippen LogP contribution is 2.21. The maximum atomic E-state index is 12.6. The summed E-state index contributed by atoms with van der Waals surface area (Å²) in [6.07, 6.45) is 4.86. The van der Waals surface area contributed by atoms with Crippen molar-refractivity contribution in [2.45, 2.75) is 12.8 Å². The van der Waals surface area contributed by atoms with Gasteiger partial charge in [-0.05, 0) is 25.0 Å². The number of fused-ring (bicyclic) bond motifs is 1. The van der Waals surface area contributed by atoms with Gasteiger partial charge in [0.25, 0.3) is 5.91 Å². The zero-order chi connectivity index (χ0) is 17.2. The van der Waals surface area contributed by atoms with Gasteiger partial charge in [-0.15, -0.1) is 10.2 Å². The Bertz CT molecular complexity index is 865. The van der Waals surface area contributed by atoms with Crippen LogP contribution in [0.2, 0.25) is 0 Å². The van der Waals surface area contributed by atoms with Gasteiger partial charge in [-0.25, -0.2) is 4.98 Å². The van der Waals surface area contributed by atoms with Gasteiger partial charge in [0.1, 0.15) is 16.9 Å². The van der Waals surface area contributed by atoms with Gasteiger partial charge >= 0.3 is 0 Å². The van der Waals surface area contributed by atoms with Crippen LogP contribution in [0.4, 0.5) is 5.13 Å². The quantitative estimate of drug-likeness (QED) is 0.771. The highest BCUT2D eigenvalue weighted by molar-refractivity contribution is 7.13. The number of hydrogen-bond acceptors (Lipinski definition) is 6. The Morgan fingerprint density at radius 2 is 2.08 bits per heavy atom. The van der Waals surface area contributed by atoms with E-state index in [2.05, 4.69) is 20.5 Å². The van der Waals surface area contributed by atoms with E-state index in [0.717, 1.165) is 5.65 Å². The number of nitrogens with zero attached hydrogens (tertiary/aromatic N) is 5. The van der Waals surface area contributed by atoms with Gasteiger partial charge in [-0.1, -0.05) is 17.4 Å². The molecule has 4 heterocycles. The van der Waals surface area contributed by atoms with Crippen molar-refractivity contribution in [1.29, 1.82) is 0 Å². The molecule has 0 atom stereocenters. The number of likely N-dealkylation sites (tertiary alicyclic amines) is 1. The van der Waals surface area contributed by atoms with Crippen molar-refractivity contribution in [3.63, 3.8) is 0 Å². The lowest BCUT2D eigenvalue weighted by molar-refractivity contribution is -0.121. The number of piperidine rings is 1. The third kappa shape index (κ3) is 3.22. The summed E-state index contributed by atoms with van der Waals surface area (Å²) in [7, 11) is 0. The van der Waals surface area contributed by atoms with E-state index in [1.54, 1.807) is 16.6 Å².